The summed E-state index contributed by atoms with van der Waals surface area (Å²) >= 11 is 1.44. The monoisotopic (exact) mass is 309 g/mol. The summed E-state index contributed by atoms with van der Waals surface area (Å²) in [6, 6.07) is 1.34. The van der Waals surface area contributed by atoms with Gasteiger partial charge in [0.15, 0.2) is 5.16 Å². The summed E-state index contributed by atoms with van der Waals surface area (Å²) in [5.74, 6) is 0.780. The number of amides is 2. The van der Waals surface area contributed by atoms with Crippen LogP contribution < -0.4 is 16.0 Å². The average molecular weight is 309 g/mol. The lowest BCUT2D eigenvalue weighted by atomic mass is 10.1. The first-order valence-electron chi connectivity index (χ1n) is 6.89. The van der Waals surface area contributed by atoms with Crippen molar-refractivity contribution in [2.75, 3.05) is 23.4 Å². The van der Waals surface area contributed by atoms with Gasteiger partial charge >= 0.3 is 0 Å². The van der Waals surface area contributed by atoms with E-state index in [1.54, 1.807) is 6.07 Å². The molecule has 1 aromatic heterocycles. The van der Waals surface area contributed by atoms with Crippen molar-refractivity contribution in [2.24, 2.45) is 0 Å². The van der Waals surface area contributed by atoms with E-state index < -0.39 is 6.04 Å². The third kappa shape index (κ3) is 4.32. The maximum atomic E-state index is 11.8. The standard InChI is InChI=1S/C13H19N5O2S/c1-3-6-14-9-7-10(17-13(16-9)21-2)15-8-4-5-11(19)18-12(8)20/h7-8H,3-6H2,1-2H3,(H,18,19,20)(H2,14,15,16,17). The normalized spacial score (nSPS) is 18.3. The summed E-state index contributed by atoms with van der Waals surface area (Å²) in [6.45, 7) is 2.90. The molecule has 1 saturated heterocycles. The number of nitrogens with one attached hydrogen (secondary N) is 3. The van der Waals surface area contributed by atoms with Gasteiger partial charge in [-0.05, 0) is 19.1 Å². The Morgan fingerprint density at radius 3 is 2.81 bits per heavy atom. The van der Waals surface area contributed by atoms with Gasteiger partial charge in [-0.3, -0.25) is 14.9 Å². The smallest absolute Gasteiger partial charge is 0.249 e. The molecular formula is C13H19N5O2S. The van der Waals surface area contributed by atoms with E-state index in [1.807, 2.05) is 6.26 Å². The van der Waals surface area contributed by atoms with Crippen molar-refractivity contribution in [1.82, 2.24) is 15.3 Å². The highest BCUT2D eigenvalue weighted by Crippen LogP contribution is 2.19. The number of aromatic nitrogens is 2. The van der Waals surface area contributed by atoms with Crippen molar-refractivity contribution in [3.8, 4) is 0 Å². The van der Waals surface area contributed by atoms with Gasteiger partial charge in [0.1, 0.15) is 17.7 Å². The van der Waals surface area contributed by atoms with Crippen LogP contribution in [-0.2, 0) is 9.59 Å². The third-order valence-corrected chi connectivity index (χ3v) is 3.55. The maximum Gasteiger partial charge on any atom is 0.249 e. The Labute approximate surface area is 127 Å². The highest BCUT2D eigenvalue weighted by molar-refractivity contribution is 7.98. The molecule has 1 aromatic rings. The summed E-state index contributed by atoms with van der Waals surface area (Å²) in [7, 11) is 0. The molecule has 0 saturated carbocycles. The minimum atomic E-state index is -0.439. The lowest BCUT2D eigenvalue weighted by Crippen LogP contribution is -2.47. The van der Waals surface area contributed by atoms with E-state index in [9.17, 15) is 9.59 Å². The number of imide groups is 1. The van der Waals surface area contributed by atoms with E-state index >= 15 is 0 Å². The lowest BCUT2D eigenvalue weighted by molar-refractivity contribution is -0.133. The van der Waals surface area contributed by atoms with Crippen LogP contribution in [0.3, 0.4) is 0 Å². The summed E-state index contributed by atoms with van der Waals surface area (Å²) in [6.07, 6.45) is 3.70. The molecule has 21 heavy (non-hydrogen) atoms. The van der Waals surface area contributed by atoms with E-state index in [1.165, 1.54) is 11.8 Å². The Morgan fingerprint density at radius 2 is 2.14 bits per heavy atom. The number of piperidine rings is 1. The number of rotatable bonds is 6. The van der Waals surface area contributed by atoms with Crippen molar-refractivity contribution >= 4 is 35.2 Å². The molecule has 1 atom stereocenters. The lowest BCUT2D eigenvalue weighted by Gasteiger charge is -2.22. The molecule has 0 bridgehead atoms. The number of thioether (sulfide) groups is 1. The average Bonchev–Trinajstić information content (AvgIpc) is 2.48. The molecule has 0 aromatic carbocycles. The van der Waals surface area contributed by atoms with Crippen LogP contribution in [-0.4, -0.2) is 40.6 Å². The molecule has 2 rings (SSSR count). The third-order valence-electron chi connectivity index (χ3n) is 3.01. The second-order valence-corrected chi connectivity index (χ2v) is 5.47. The van der Waals surface area contributed by atoms with Crippen molar-refractivity contribution in [3.63, 3.8) is 0 Å². The zero-order valence-corrected chi connectivity index (χ0v) is 12.9. The first kappa shape index (κ1) is 15.6. The zero-order valence-electron chi connectivity index (χ0n) is 12.1. The minimum Gasteiger partial charge on any atom is -0.370 e. The number of carbonyl (C=O) groups is 2. The van der Waals surface area contributed by atoms with Gasteiger partial charge in [0, 0.05) is 19.0 Å². The van der Waals surface area contributed by atoms with Crippen LogP contribution in [0.1, 0.15) is 26.2 Å². The highest BCUT2D eigenvalue weighted by atomic mass is 32.2. The van der Waals surface area contributed by atoms with Crippen LogP contribution in [0.5, 0.6) is 0 Å². The molecule has 114 valence electrons. The minimum absolute atomic E-state index is 0.226. The van der Waals surface area contributed by atoms with E-state index in [-0.39, 0.29) is 11.8 Å². The SMILES string of the molecule is CCCNc1cc(NC2CCC(=O)NC2=O)nc(SC)n1. The van der Waals surface area contributed by atoms with Crippen molar-refractivity contribution in [3.05, 3.63) is 6.07 Å². The first-order valence-corrected chi connectivity index (χ1v) is 8.12. The number of carbonyl (C=O) groups excluding carboxylic acids is 2. The van der Waals surface area contributed by atoms with E-state index in [2.05, 4.69) is 32.8 Å². The fraction of sp³-hybridized carbons (Fsp3) is 0.538. The van der Waals surface area contributed by atoms with E-state index in [0.29, 0.717) is 23.8 Å². The fourth-order valence-corrected chi connectivity index (χ4v) is 2.32. The van der Waals surface area contributed by atoms with Gasteiger partial charge in [-0.1, -0.05) is 18.7 Å². The second-order valence-electron chi connectivity index (χ2n) is 4.70. The van der Waals surface area contributed by atoms with Crippen LogP contribution in [0.15, 0.2) is 11.2 Å². The molecule has 7 nitrogen and oxygen atoms in total. The topological polar surface area (TPSA) is 96.0 Å². The van der Waals surface area contributed by atoms with E-state index in [4.69, 9.17) is 0 Å². The Kier molecular flexibility index (Phi) is 5.38. The summed E-state index contributed by atoms with van der Waals surface area (Å²) < 4.78 is 0. The van der Waals surface area contributed by atoms with Gasteiger partial charge in [-0.2, -0.15) is 0 Å². The Hall–Kier alpha value is -1.83. The van der Waals surface area contributed by atoms with Crippen LogP contribution in [0.4, 0.5) is 11.6 Å². The van der Waals surface area contributed by atoms with E-state index in [0.717, 1.165) is 18.8 Å². The van der Waals surface area contributed by atoms with Crippen LogP contribution in [0.2, 0.25) is 0 Å². The van der Waals surface area contributed by atoms with Gasteiger partial charge in [-0.25, -0.2) is 9.97 Å². The molecular weight excluding hydrogens is 290 g/mol. The predicted octanol–water partition coefficient (Wildman–Crippen LogP) is 1.24. The predicted molar refractivity (Wildman–Crippen MR) is 82.4 cm³/mol. The number of hydrogen-bond acceptors (Lipinski definition) is 7. The highest BCUT2D eigenvalue weighted by Gasteiger charge is 2.26. The number of nitrogens with zero attached hydrogens (tertiary/aromatic N) is 2. The fourth-order valence-electron chi connectivity index (χ4n) is 1.94. The summed E-state index contributed by atoms with van der Waals surface area (Å²) in [5.41, 5.74) is 0. The van der Waals surface area contributed by atoms with Gasteiger partial charge in [0.2, 0.25) is 11.8 Å². The van der Waals surface area contributed by atoms with Gasteiger partial charge in [0.05, 0.1) is 0 Å². The molecule has 3 N–H and O–H groups in total. The van der Waals surface area contributed by atoms with Crippen molar-refractivity contribution in [2.45, 2.75) is 37.4 Å². The van der Waals surface area contributed by atoms with Crippen molar-refractivity contribution in [1.29, 1.82) is 0 Å². The largest absolute Gasteiger partial charge is 0.370 e. The van der Waals surface area contributed by atoms with Crippen molar-refractivity contribution < 1.29 is 9.59 Å². The van der Waals surface area contributed by atoms with Gasteiger partial charge in [0.25, 0.3) is 0 Å². The second kappa shape index (κ2) is 7.26. The molecule has 0 aliphatic carbocycles. The van der Waals surface area contributed by atoms with Crippen LogP contribution in [0.25, 0.3) is 0 Å². The molecule has 1 aliphatic heterocycles. The molecule has 8 heteroatoms. The van der Waals surface area contributed by atoms with Crippen LogP contribution >= 0.6 is 11.8 Å². The number of hydrogen-bond donors (Lipinski definition) is 3. The van der Waals surface area contributed by atoms with Gasteiger partial charge in [-0.15, -0.1) is 0 Å². The van der Waals surface area contributed by atoms with Gasteiger partial charge < -0.3 is 10.6 Å². The Morgan fingerprint density at radius 1 is 1.38 bits per heavy atom. The Balaban J connectivity index is 2.11. The zero-order chi connectivity index (χ0) is 15.2. The molecule has 0 spiro atoms. The molecule has 2 amide bonds. The molecule has 1 unspecified atom stereocenters. The molecule has 1 aliphatic rings. The quantitative estimate of drug-likeness (QED) is 0.413. The maximum absolute atomic E-state index is 11.8. The van der Waals surface area contributed by atoms with Crippen LogP contribution in [0, 0.1) is 0 Å². The summed E-state index contributed by atoms with van der Waals surface area (Å²) in [4.78, 5) is 31.6. The molecule has 1 fully saturated rings. The molecule has 0 radical (unpaired) electrons. The summed E-state index contributed by atoms with van der Waals surface area (Å²) in [5, 5.41) is 9.23. The molecule has 2 heterocycles. The number of anilines is 2. The first-order chi connectivity index (χ1) is 10.1. The Bertz CT molecular complexity index is 537.